The third-order valence-electron chi connectivity index (χ3n) is 6.49. The van der Waals surface area contributed by atoms with Crippen LogP contribution in [-0.4, -0.2) is 176 Å². The minimum absolute atomic E-state index is 0.127. The van der Waals surface area contributed by atoms with Gasteiger partial charge in [0, 0.05) is 129 Å². The molecule has 27 heteroatoms. The van der Waals surface area contributed by atoms with Crippen molar-refractivity contribution in [1.29, 1.82) is 0 Å². The maximum atomic E-state index is 10.8. The lowest BCUT2D eigenvalue weighted by molar-refractivity contribution is -0.140. The molecule has 0 aliphatic carbocycles. The molecule has 0 atom stereocenters. The summed E-state index contributed by atoms with van der Waals surface area (Å²) in [6.07, 6.45) is 6.41. The van der Waals surface area contributed by atoms with Crippen LogP contribution in [0.1, 0.15) is 39.5 Å². The quantitative estimate of drug-likeness (QED) is 0.0156. The van der Waals surface area contributed by atoms with Crippen molar-refractivity contribution < 1.29 is 79.2 Å². The zero-order chi connectivity index (χ0) is 50.9. The summed E-state index contributed by atoms with van der Waals surface area (Å²) in [6, 6.07) is 2.24. The molecule has 0 aliphatic rings. The second-order valence-electron chi connectivity index (χ2n) is 9.80. The number of amides is 2. The fourth-order valence-corrected chi connectivity index (χ4v) is 8.61. The molecule has 62 heavy (non-hydrogen) atoms. The van der Waals surface area contributed by atoms with Gasteiger partial charge in [0.2, 0.25) is 17.1 Å². The van der Waals surface area contributed by atoms with Crippen LogP contribution in [0.15, 0.2) is 38.0 Å². The zero-order valence-electron chi connectivity index (χ0n) is 39.7. The maximum Gasteiger partial charge on any atom is 0.500 e. The highest BCUT2D eigenvalue weighted by atomic mass is 35.5. The van der Waals surface area contributed by atoms with E-state index in [4.69, 9.17) is 78.2 Å². The van der Waals surface area contributed by atoms with Crippen molar-refractivity contribution in [2.45, 2.75) is 57.7 Å². The third kappa shape index (κ3) is 58.0. The van der Waals surface area contributed by atoms with E-state index in [0.29, 0.717) is 32.1 Å². The van der Waals surface area contributed by atoms with Gasteiger partial charge in [0.1, 0.15) is 0 Å². The molecule has 0 spiro atoms. The fraction of sp³-hybridized carbons (Fsp3) is 0.714. The molecule has 0 saturated heterocycles. The number of carbonyl (C=O) groups is 4. The van der Waals surface area contributed by atoms with E-state index in [1.165, 1.54) is 6.08 Å². The van der Waals surface area contributed by atoms with Crippen LogP contribution in [0.3, 0.4) is 0 Å². The first-order valence-electron chi connectivity index (χ1n) is 18.4. The number of aliphatic hydroxyl groups is 3. The molecular formula is C35H84ClN5O17SSi3. The van der Waals surface area contributed by atoms with Crippen molar-refractivity contribution in [1.82, 2.24) is 15.5 Å². The van der Waals surface area contributed by atoms with Crippen LogP contribution >= 0.6 is 24.4 Å². The number of rotatable bonds is 25. The number of allylic oxidation sites excluding steroid dienone is 1. The van der Waals surface area contributed by atoms with E-state index in [9.17, 15) is 19.2 Å². The Labute approximate surface area is 385 Å². The minimum atomic E-state index is -2.48. The van der Waals surface area contributed by atoms with Crippen LogP contribution in [0, 0.1) is 0 Å². The van der Waals surface area contributed by atoms with Gasteiger partial charge in [-0.05, 0) is 63.0 Å². The highest BCUT2D eigenvalue weighted by Crippen LogP contribution is 2.15. The number of nitrogens with two attached hydrogens (primary N) is 2. The lowest BCUT2D eigenvalue weighted by atomic mass is 10.4. The number of thiol groups is 1. The second-order valence-corrected chi connectivity index (χ2v) is 19.6. The molecule has 0 fully saturated rings. The Morgan fingerprint density at radius 1 is 0.597 bits per heavy atom. The first-order valence-corrected chi connectivity index (χ1v) is 25.1. The SMILES string of the molecule is C=CC(=O)Cl.C=CC(=O)NCCC[Si](OC)(OC)OC.C=CC(=O)ONS.CCNC(=O)CC.CO.CO.CO.CO[Si](CCCN)(OC)OC.CO[Si](CCCN)(OC)OC. The normalized spacial score (nSPS) is 9.56. The molecular weight excluding hydrogens is 914 g/mol. The van der Waals surface area contributed by atoms with Gasteiger partial charge in [-0.3, -0.25) is 14.4 Å². The van der Waals surface area contributed by atoms with Crippen LogP contribution in [0.25, 0.3) is 0 Å². The van der Waals surface area contributed by atoms with Crippen LogP contribution in [0.2, 0.25) is 18.1 Å². The van der Waals surface area contributed by atoms with Gasteiger partial charge in [-0.25, -0.2) is 4.79 Å². The van der Waals surface area contributed by atoms with Crippen LogP contribution in [0.4, 0.5) is 0 Å². The van der Waals surface area contributed by atoms with Gasteiger partial charge in [-0.1, -0.05) is 44.4 Å². The van der Waals surface area contributed by atoms with Crippen LogP contribution < -0.4 is 27.0 Å². The number of halogens is 1. The molecule has 22 nitrogen and oxygen atoms in total. The van der Waals surface area contributed by atoms with Gasteiger partial charge in [0.05, 0.1) is 0 Å². The maximum absolute atomic E-state index is 10.8. The molecule has 0 heterocycles. The van der Waals surface area contributed by atoms with Crippen LogP contribution in [-0.2, 0) is 63.8 Å². The minimum Gasteiger partial charge on any atom is -0.400 e. The van der Waals surface area contributed by atoms with Gasteiger partial charge in [0.15, 0.2) is 0 Å². The van der Waals surface area contributed by atoms with Gasteiger partial charge in [0.25, 0.3) is 0 Å². The highest BCUT2D eigenvalue weighted by molar-refractivity contribution is 7.77. The Balaban J connectivity index is -0.0000000779. The summed E-state index contributed by atoms with van der Waals surface area (Å²) in [7, 11) is 10.2. The topological polar surface area (TPSA) is 309 Å². The molecule has 0 aromatic rings. The summed E-state index contributed by atoms with van der Waals surface area (Å²) < 4.78 is 46.8. The monoisotopic (exact) mass is 997 g/mol. The third-order valence-corrected chi connectivity index (χ3v) is 15.2. The largest absolute Gasteiger partial charge is 0.500 e. The zero-order valence-corrected chi connectivity index (χ0v) is 44.3. The van der Waals surface area contributed by atoms with E-state index in [2.05, 4.69) is 48.0 Å². The lowest BCUT2D eigenvalue weighted by Crippen LogP contribution is -2.43. The highest BCUT2D eigenvalue weighted by Gasteiger charge is 2.38. The summed E-state index contributed by atoms with van der Waals surface area (Å²) in [5, 5.41) is 25.8. The number of hydrogen-bond donors (Lipinski definition) is 9. The molecule has 0 radical (unpaired) electrons. The molecule has 0 aliphatic heterocycles. The average molecular weight is 999 g/mol. The van der Waals surface area contributed by atoms with E-state index >= 15 is 0 Å². The molecule has 376 valence electrons. The van der Waals surface area contributed by atoms with Gasteiger partial charge in [-0.15, -0.1) is 0 Å². The van der Waals surface area contributed by atoms with E-state index in [1.807, 2.05) is 18.7 Å². The molecule has 10 N–H and O–H groups in total. The van der Waals surface area contributed by atoms with Crippen molar-refractivity contribution in [3.63, 3.8) is 0 Å². The first-order chi connectivity index (χ1) is 29.5. The van der Waals surface area contributed by atoms with Gasteiger partial charge < -0.3 is 82.1 Å². The summed E-state index contributed by atoms with van der Waals surface area (Å²) >= 11 is 8.08. The predicted molar refractivity (Wildman–Crippen MR) is 253 cm³/mol. The van der Waals surface area contributed by atoms with E-state index in [-0.39, 0.29) is 11.8 Å². The lowest BCUT2D eigenvalue weighted by Gasteiger charge is -2.24. The number of hydrogen-bond acceptors (Lipinski definition) is 21. The summed E-state index contributed by atoms with van der Waals surface area (Å²) in [5.74, 6) is -0.591. The Morgan fingerprint density at radius 3 is 1.06 bits per heavy atom. The summed E-state index contributed by atoms with van der Waals surface area (Å²) in [4.78, 5) is 46.5. The van der Waals surface area contributed by atoms with Crippen molar-refractivity contribution in [2.24, 2.45) is 11.5 Å². The van der Waals surface area contributed by atoms with Crippen molar-refractivity contribution in [2.75, 3.05) is 111 Å². The second kappa shape index (κ2) is 65.6. The first kappa shape index (κ1) is 80.3. The van der Waals surface area contributed by atoms with Crippen molar-refractivity contribution in [3.8, 4) is 0 Å². The molecule has 0 saturated carbocycles. The Morgan fingerprint density at radius 2 is 0.903 bits per heavy atom. The number of nitrogens with one attached hydrogen (secondary N) is 3. The van der Waals surface area contributed by atoms with Gasteiger partial charge in [-0.2, -0.15) is 0 Å². The van der Waals surface area contributed by atoms with Crippen molar-refractivity contribution in [3.05, 3.63) is 38.0 Å². The van der Waals surface area contributed by atoms with E-state index < -0.39 is 37.6 Å². The Bertz CT molecular complexity index is 949. The molecule has 0 rings (SSSR count). The standard InChI is InChI=1S/C9H19NO4Si.2C6H17NO3Si.C5H11NO.C3H3ClO.C3H5NO2S.3CH4O/c1-5-9(11)10-7-6-8-15(12-2,13-3)14-4;2*1-8-11(9-2,10-3)6-4-5-7;1-3-5(7)6-4-2;1-2-3(4)5;1-2-3(5)6-4-7;3*1-2/h5H,1,6-8H2,2-4H3,(H,10,11);2*4-7H2,1-3H3;3-4H2,1-2H3,(H,6,7);2H,1H2;2,4,7H,1H2;3*2H,1H3. The predicted octanol–water partition coefficient (Wildman–Crippen LogP) is 1.34. The number of aliphatic hydroxyl groups excluding tert-OH is 3. The van der Waals surface area contributed by atoms with E-state index in [0.717, 1.165) is 71.4 Å². The molecule has 0 aromatic carbocycles. The smallest absolute Gasteiger partial charge is 0.400 e. The number of carbonyl (C=O) groups excluding carboxylic acids is 4. The Hall–Kier alpha value is -2.01. The summed E-state index contributed by atoms with van der Waals surface area (Å²) in [5.41, 5.74) is 10.7. The fourth-order valence-electron chi connectivity index (χ4n) is 3.30. The molecule has 0 aromatic heterocycles. The Kier molecular flexibility index (Phi) is 85.0. The molecule has 0 bridgehead atoms. The average Bonchev–Trinajstić information content (AvgIpc) is 3.33. The van der Waals surface area contributed by atoms with Gasteiger partial charge >= 0.3 is 32.4 Å². The molecule has 0 unspecified atom stereocenters. The summed E-state index contributed by atoms with van der Waals surface area (Å²) in [6.45, 7) is 15.9. The van der Waals surface area contributed by atoms with Crippen molar-refractivity contribution >= 4 is 73.9 Å². The molecule has 2 amide bonds. The van der Waals surface area contributed by atoms with Crippen LogP contribution in [0.5, 0.6) is 0 Å². The van der Waals surface area contributed by atoms with E-state index in [1.54, 1.807) is 64.0 Å².